The maximum atomic E-state index is 13.2. The number of aromatic nitrogens is 2. The lowest BCUT2D eigenvalue weighted by molar-refractivity contribution is 0.0927. The number of fused-ring (bicyclic) bond motifs is 1. The van der Waals surface area contributed by atoms with Crippen LogP contribution in [0.4, 0.5) is 5.88 Å². The van der Waals surface area contributed by atoms with Crippen LogP contribution < -0.4 is 4.90 Å². The van der Waals surface area contributed by atoms with Gasteiger partial charge in [0.1, 0.15) is 6.07 Å². The number of aryl methyl sites for hydroxylation is 1. The molecular formula is C25H22N6O3. The van der Waals surface area contributed by atoms with Crippen LogP contribution in [-0.4, -0.2) is 53.0 Å². The number of carbonyl (C=O) groups excluding carboxylic acids is 1. The van der Waals surface area contributed by atoms with Crippen molar-refractivity contribution in [3.05, 3.63) is 60.1 Å². The number of benzene rings is 1. The zero-order chi connectivity index (χ0) is 23.5. The van der Waals surface area contributed by atoms with Gasteiger partial charge < -0.3 is 18.3 Å². The second-order valence-corrected chi connectivity index (χ2v) is 8.11. The quantitative estimate of drug-likeness (QED) is 0.388. The molecule has 3 aromatic heterocycles. The molecule has 4 heterocycles. The van der Waals surface area contributed by atoms with Crippen molar-refractivity contribution in [1.82, 2.24) is 14.5 Å². The molecule has 0 amide bonds. The standard InChI is InChI=1S/C25H22N6O3/c26-8-4-9-31-16-19(18-5-1-2-6-21(18)31)22(32)17-29-10-12-30(13-11-29)25-20(15-27)28-24(34-25)23-7-3-14-33-23/h1-3,5-7,14,16H,4,9-13,17H2. The monoisotopic (exact) mass is 454 g/mol. The summed E-state index contributed by atoms with van der Waals surface area (Å²) in [4.78, 5) is 21.5. The number of hydrogen-bond acceptors (Lipinski definition) is 8. The van der Waals surface area contributed by atoms with Crippen LogP contribution in [0.3, 0.4) is 0 Å². The fourth-order valence-electron chi connectivity index (χ4n) is 4.33. The number of rotatable bonds is 7. The molecular weight excluding hydrogens is 432 g/mol. The van der Waals surface area contributed by atoms with E-state index in [0.29, 0.717) is 62.9 Å². The van der Waals surface area contributed by atoms with Crippen LogP contribution in [-0.2, 0) is 6.54 Å². The van der Waals surface area contributed by atoms with E-state index in [1.165, 1.54) is 6.26 Å². The molecule has 0 N–H and O–H groups in total. The molecule has 0 atom stereocenters. The molecule has 1 aromatic carbocycles. The van der Waals surface area contributed by atoms with Gasteiger partial charge in [0.05, 0.1) is 25.3 Å². The molecule has 1 aliphatic heterocycles. The van der Waals surface area contributed by atoms with Gasteiger partial charge in [-0.2, -0.15) is 15.5 Å². The molecule has 9 heteroatoms. The van der Waals surface area contributed by atoms with Gasteiger partial charge in [-0.3, -0.25) is 9.69 Å². The second kappa shape index (κ2) is 9.26. The summed E-state index contributed by atoms with van der Waals surface area (Å²) < 4.78 is 13.2. The maximum Gasteiger partial charge on any atom is 0.266 e. The molecule has 0 spiro atoms. The zero-order valence-corrected chi connectivity index (χ0v) is 18.5. The molecule has 5 rings (SSSR count). The minimum atomic E-state index is 0.0536. The zero-order valence-electron chi connectivity index (χ0n) is 18.5. The molecule has 0 radical (unpaired) electrons. The first-order chi connectivity index (χ1) is 16.7. The predicted molar refractivity (Wildman–Crippen MR) is 124 cm³/mol. The Hall–Kier alpha value is -4.34. The molecule has 9 nitrogen and oxygen atoms in total. The summed E-state index contributed by atoms with van der Waals surface area (Å²) in [6.45, 7) is 3.39. The summed E-state index contributed by atoms with van der Waals surface area (Å²) in [5.74, 6) is 1.24. The molecule has 0 unspecified atom stereocenters. The van der Waals surface area contributed by atoms with E-state index in [1.54, 1.807) is 12.1 Å². The Bertz CT molecular complexity index is 1390. The normalized spacial score (nSPS) is 14.2. The van der Waals surface area contributed by atoms with Crippen LogP contribution in [0, 0.1) is 22.7 Å². The van der Waals surface area contributed by atoms with Crippen molar-refractivity contribution >= 4 is 22.6 Å². The van der Waals surface area contributed by atoms with Crippen molar-refractivity contribution in [2.24, 2.45) is 0 Å². The van der Waals surface area contributed by atoms with Crippen LogP contribution in [0.25, 0.3) is 22.6 Å². The molecule has 1 fully saturated rings. The van der Waals surface area contributed by atoms with E-state index in [-0.39, 0.29) is 17.4 Å². The highest BCUT2D eigenvalue weighted by molar-refractivity contribution is 6.09. The summed E-state index contributed by atoms with van der Waals surface area (Å²) in [6, 6.07) is 15.5. The van der Waals surface area contributed by atoms with E-state index in [1.807, 2.05) is 39.9 Å². The summed E-state index contributed by atoms with van der Waals surface area (Å²) >= 11 is 0. The minimum absolute atomic E-state index is 0.0536. The lowest BCUT2D eigenvalue weighted by Gasteiger charge is -2.34. The van der Waals surface area contributed by atoms with Gasteiger partial charge in [-0.15, -0.1) is 0 Å². The summed E-state index contributed by atoms with van der Waals surface area (Å²) in [5.41, 5.74) is 1.87. The highest BCUT2D eigenvalue weighted by Crippen LogP contribution is 2.29. The number of furan rings is 1. The number of hydrogen-bond donors (Lipinski definition) is 0. The van der Waals surface area contributed by atoms with Gasteiger partial charge >= 0.3 is 0 Å². The van der Waals surface area contributed by atoms with Gasteiger partial charge in [0, 0.05) is 55.4 Å². The lowest BCUT2D eigenvalue weighted by Crippen LogP contribution is -2.48. The van der Waals surface area contributed by atoms with Gasteiger partial charge in [-0.25, -0.2) is 0 Å². The van der Waals surface area contributed by atoms with E-state index < -0.39 is 0 Å². The largest absolute Gasteiger partial charge is 0.459 e. The summed E-state index contributed by atoms with van der Waals surface area (Å²) in [6.07, 6.45) is 3.79. The van der Waals surface area contributed by atoms with Crippen molar-refractivity contribution < 1.29 is 13.6 Å². The molecule has 0 aliphatic carbocycles. The molecule has 0 saturated carbocycles. The van der Waals surface area contributed by atoms with Crippen molar-refractivity contribution in [3.8, 4) is 23.8 Å². The first-order valence-electron chi connectivity index (χ1n) is 11.1. The van der Waals surface area contributed by atoms with Crippen LogP contribution in [0.2, 0.25) is 0 Å². The van der Waals surface area contributed by atoms with E-state index >= 15 is 0 Å². The van der Waals surface area contributed by atoms with Gasteiger partial charge in [-0.05, 0) is 18.2 Å². The van der Waals surface area contributed by atoms with Crippen LogP contribution in [0.5, 0.6) is 0 Å². The predicted octanol–water partition coefficient (Wildman–Crippen LogP) is 3.68. The number of carbonyl (C=O) groups is 1. The van der Waals surface area contributed by atoms with Gasteiger partial charge in [0.2, 0.25) is 11.6 Å². The molecule has 4 aromatic rings. The Morgan fingerprint density at radius 1 is 1.09 bits per heavy atom. The first-order valence-corrected chi connectivity index (χ1v) is 11.1. The highest BCUT2D eigenvalue weighted by atomic mass is 16.4. The van der Waals surface area contributed by atoms with Crippen molar-refractivity contribution in [1.29, 1.82) is 10.5 Å². The third-order valence-corrected chi connectivity index (χ3v) is 6.03. The molecule has 1 aliphatic rings. The Balaban J connectivity index is 1.27. The first kappa shape index (κ1) is 21.5. The number of oxazole rings is 1. The van der Waals surface area contributed by atoms with Crippen molar-refractivity contribution in [2.75, 3.05) is 37.6 Å². The average Bonchev–Trinajstić information content (AvgIpc) is 3.61. The lowest BCUT2D eigenvalue weighted by atomic mass is 10.1. The topological polar surface area (TPSA) is 115 Å². The number of para-hydroxylation sites is 1. The van der Waals surface area contributed by atoms with Gasteiger partial charge in [0.25, 0.3) is 5.89 Å². The molecule has 34 heavy (non-hydrogen) atoms. The Morgan fingerprint density at radius 2 is 1.91 bits per heavy atom. The van der Waals surface area contributed by atoms with Crippen LogP contribution in [0.15, 0.2) is 57.7 Å². The fraction of sp³-hybridized carbons (Fsp3) is 0.280. The van der Waals surface area contributed by atoms with Crippen molar-refractivity contribution in [2.45, 2.75) is 13.0 Å². The van der Waals surface area contributed by atoms with E-state index in [9.17, 15) is 10.1 Å². The number of anilines is 1. The van der Waals surface area contributed by atoms with Crippen LogP contribution in [0.1, 0.15) is 22.5 Å². The number of nitriles is 2. The van der Waals surface area contributed by atoms with Gasteiger partial charge in [0.15, 0.2) is 11.5 Å². The fourth-order valence-corrected chi connectivity index (χ4v) is 4.33. The Kier molecular flexibility index (Phi) is 5.86. The van der Waals surface area contributed by atoms with E-state index in [0.717, 1.165) is 10.9 Å². The summed E-state index contributed by atoms with van der Waals surface area (Å²) in [5, 5.41) is 19.4. The molecule has 170 valence electrons. The number of piperazine rings is 1. The number of nitrogens with zero attached hydrogens (tertiary/aromatic N) is 6. The second-order valence-electron chi connectivity index (χ2n) is 8.11. The average molecular weight is 454 g/mol. The number of Topliss-reactive ketones (excluding diaryl/α,β-unsaturated/α-hetero) is 1. The molecule has 0 bridgehead atoms. The minimum Gasteiger partial charge on any atom is -0.459 e. The Morgan fingerprint density at radius 3 is 2.65 bits per heavy atom. The third-order valence-electron chi connectivity index (χ3n) is 6.03. The third kappa shape index (κ3) is 4.05. The summed E-state index contributed by atoms with van der Waals surface area (Å²) in [7, 11) is 0. The van der Waals surface area contributed by atoms with Crippen molar-refractivity contribution in [3.63, 3.8) is 0 Å². The molecule has 1 saturated heterocycles. The van der Waals surface area contributed by atoms with Gasteiger partial charge in [-0.1, -0.05) is 18.2 Å². The highest BCUT2D eigenvalue weighted by Gasteiger charge is 2.27. The maximum absolute atomic E-state index is 13.2. The van der Waals surface area contributed by atoms with E-state index in [4.69, 9.17) is 14.1 Å². The smallest absolute Gasteiger partial charge is 0.266 e. The number of ketones is 1. The van der Waals surface area contributed by atoms with E-state index in [2.05, 4.69) is 22.0 Å². The van der Waals surface area contributed by atoms with Crippen LogP contribution >= 0.6 is 0 Å². The SMILES string of the molecule is N#CCCn1cc(C(=O)CN2CCN(c3oc(-c4ccco4)nc3C#N)CC2)c2ccccc21. The Labute approximate surface area is 196 Å².